The third-order valence-corrected chi connectivity index (χ3v) is 13.9. The number of rotatable bonds is 14. The number of ketones is 1. The molecule has 0 bridgehead atoms. The number of likely N-dealkylation sites (tertiary alicyclic amines) is 1. The molecule has 2 saturated carbocycles. The fraction of sp³-hybridized carbons (Fsp3) is 0.769. The maximum Gasteiger partial charge on any atom is 0.289 e. The molecule has 1 saturated heterocycles. The summed E-state index contributed by atoms with van der Waals surface area (Å²) in [5, 5.41) is 8.39. The van der Waals surface area contributed by atoms with Crippen LogP contribution in [-0.4, -0.2) is 84.7 Å². The van der Waals surface area contributed by atoms with Crippen LogP contribution in [-0.2, 0) is 34.0 Å². The summed E-state index contributed by atoms with van der Waals surface area (Å²) in [6, 6.07) is -4.26. The van der Waals surface area contributed by atoms with E-state index in [2.05, 4.69) is 33.3 Å². The number of nitrogens with one attached hydrogen (secondary N) is 4. The number of hydrogen-bond donors (Lipinski definition) is 4. The van der Waals surface area contributed by atoms with Crippen LogP contribution >= 0.6 is 0 Å². The van der Waals surface area contributed by atoms with Crippen molar-refractivity contribution in [3.63, 3.8) is 0 Å². The fourth-order valence-electron chi connectivity index (χ4n) is 8.15. The fourth-order valence-corrected chi connectivity index (χ4v) is 9.21. The first kappa shape index (κ1) is 41.7. The first-order valence-electron chi connectivity index (χ1n) is 19.0. The minimum Gasteiger partial charge on any atom is -0.346 e. The molecule has 1 heterocycles. The molecule has 4 amide bonds. The summed E-state index contributed by atoms with van der Waals surface area (Å²) in [6.07, 6.45) is 11.7. The van der Waals surface area contributed by atoms with Crippen LogP contribution in [0.25, 0.3) is 0 Å². The molecular formula is C39H63N5O7S. The van der Waals surface area contributed by atoms with E-state index in [0.717, 1.165) is 32.1 Å². The zero-order valence-corrected chi connectivity index (χ0v) is 33.6. The highest BCUT2D eigenvalue weighted by atomic mass is 32.2. The Morgan fingerprint density at radius 2 is 1.58 bits per heavy atom. The van der Waals surface area contributed by atoms with E-state index in [1.54, 1.807) is 20.8 Å². The molecule has 2 unspecified atom stereocenters. The highest BCUT2D eigenvalue weighted by molar-refractivity contribution is 7.90. The molecule has 0 aromatic carbocycles. The smallest absolute Gasteiger partial charge is 0.289 e. The Hall–Kier alpha value is -3.06. The van der Waals surface area contributed by atoms with Crippen molar-refractivity contribution in [3.05, 3.63) is 24.8 Å². The molecule has 4 N–H and O–H groups in total. The minimum atomic E-state index is -3.94. The topological polar surface area (TPSA) is 171 Å². The van der Waals surface area contributed by atoms with Crippen LogP contribution < -0.4 is 20.7 Å². The maximum absolute atomic E-state index is 14.9. The van der Waals surface area contributed by atoms with Crippen molar-refractivity contribution in [1.82, 2.24) is 25.6 Å². The summed E-state index contributed by atoms with van der Waals surface area (Å²) < 4.78 is 28.6. The Labute approximate surface area is 311 Å². The normalized spacial score (nSPS) is 25.7. The molecule has 52 heavy (non-hydrogen) atoms. The van der Waals surface area contributed by atoms with Gasteiger partial charge in [-0.3, -0.25) is 24.0 Å². The zero-order valence-electron chi connectivity index (χ0n) is 32.8. The van der Waals surface area contributed by atoms with E-state index in [1.165, 1.54) is 11.0 Å². The minimum absolute atomic E-state index is 0.112. The van der Waals surface area contributed by atoms with Gasteiger partial charge in [-0.1, -0.05) is 91.9 Å². The third kappa shape index (κ3) is 9.17. The standard InChI is InChI=1S/C39H63N5O7S/c1-11-21-40-33(47)29(45)26(22-24-15-16-24)41-32(46)28-27-25(17-20-38(27,8)9)23-44(28)35(49)31(36(2,3)4)42-34(48)30(39(10)18-13-12-14-19-39)43-52(50,51)37(5,6)7/h11,17,20,24-28,30-31,43H,1,12-16,18-19,21-23H2,2-10H3,(H,40,47)(H,41,46)(H,42,48)/t25?,26?,27-,28-,30+,31+/m0/s1. The molecule has 1 aliphatic heterocycles. The zero-order chi connectivity index (χ0) is 39.0. The molecule has 0 aromatic rings. The highest BCUT2D eigenvalue weighted by Crippen LogP contribution is 2.49. The Balaban J connectivity index is 1.67. The van der Waals surface area contributed by atoms with Crippen molar-refractivity contribution in [2.75, 3.05) is 13.1 Å². The van der Waals surface area contributed by atoms with Crippen LogP contribution in [0.4, 0.5) is 0 Å². The molecule has 13 heteroatoms. The van der Waals surface area contributed by atoms with E-state index in [9.17, 15) is 32.4 Å². The van der Waals surface area contributed by atoms with Gasteiger partial charge in [0, 0.05) is 24.9 Å². The van der Waals surface area contributed by atoms with Gasteiger partial charge >= 0.3 is 0 Å². The molecule has 3 aliphatic carbocycles. The summed E-state index contributed by atoms with van der Waals surface area (Å²) in [5.74, 6) is -3.33. The third-order valence-electron chi connectivity index (χ3n) is 11.7. The highest BCUT2D eigenvalue weighted by Gasteiger charge is 2.57. The molecule has 0 radical (unpaired) electrons. The first-order valence-corrected chi connectivity index (χ1v) is 20.5. The van der Waals surface area contributed by atoms with E-state index in [-0.39, 0.29) is 30.8 Å². The summed E-state index contributed by atoms with van der Waals surface area (Å²) in [6.45, 7) is 20.1. The van der Waals surface area contributed by atoms with Crippen LogP contribution in [0.15, 0.2) is 24.8 Å². The van der Waals surface area contributed by atoms with Gasteiger partial charge in [0.15, 0.2) is 0 Å². The molecule has 4 aliphatic rings. The van der Waals surface area contributed by atoms with Gasteiger partial charge in [0.05, 0.1) is 10.8 Å². The predicted octanol–water partition coefficient (Wildman–Crippen LogP) is 3.77. The largest absolute Gasteiger partial charge is 0.346 e. The predicted molar refractivity (Wildman–Crippen MR) is 201 cm³/mol. The van der Waals surface area contributed by atoms with Gasteiger partial charge < -0.3 is 20.9 Å². The summed E-state index contributed by atoms with van der Waals surface area (Å²) in [7, 11) is -3.94. The Bertz CT molecular complexity index is 1550. The number of Topliss-reactive ketones (excluding diaryl/α,β-unsaturated/α-hetero) is 1. The molecular weight excluding hydrogens is 683 g/mol. The lowest BCUT2D eigenvalue weighted by Gasteiger charge is -2.43. The van der Waals surface area contributed by atoms with Gasteiger partial charge in [0.2, 0.25) is 33.5 Å². The van der Waals surface area contributed by atoms with Crippen molar-refractivity contribution in [1.29, 1.82) is 0 Å². The van der Waals surface area contributed by atoms with Crippen molar-refractivity contribution in [3.8, 4) is 0 Å². The van der Waals surface area contributed by atoms with Crippen molar-refractivity contribution in [2.24, 2.45) is 34.0 Å². The van der Waals surface area contributed by atoms with Crippen molar-refractivity contribution < 1.29 is 32.4 Å². The lowest BCUT2D eigenvalue weighted by Crippen LogP contribution is -2.64. The van der Waals surface area contributed by atoms with Crippen molar-refractivity contribution in [2.45, 2.75) is 143 Å². The quantitative estimate of drug-likeness (QED) is 0.155. The number of allylic oxidation sites excluding steroid dienone is 1. The number of fused-ring (bicyclic) bond motifs is 1. The number of amides is 4. The number of carbonyl (C=O) groups is 5. The van der Waals surface area contributed by atoms with E-state index < -0.39 is 84.6 Å². The molecule has 3 fully saturated rings. The maximum atomic E-state index is 14.9. The van der Waals surface area contributed by atoms with Crippen LogP contribution in [0, 0.1) is 34.0 Å². The van der Waals surface area contributed by atoms with Crippen LogP contribution in [0.3, 0.4) is 0 Å². The van der Waals surface area contributed by atoms with Gasteiger partial charge in [0.1, 0.15) is 18.1 Å². The van der Waals surface area contributed by atoms with Crippen LogP contribution in [0.2, 0.25) is 0 Å². The van der Waals surface area contributed by atoms with E-state index in [1.807, 2.05) is 47.6 Å². The second-order valence-corrected chi connectivity index (χ2v) is 21.1. The SMILES string of the molecule is C=CCNC(=O)C(=O)C(CC1CC1)NC(=O)[C@@H]1[C@@H]2C(C=CC2(C)C)CN1C(=O)[C@@H](NC(=O)[C@@H](NS(=O)(=O)C(C)(C)C)C1(C)CCCCC1)C(C)(C)C. The van der Waals surface area contributed by atoms with Gasteiger partial charge in [-0.25, -0.2) is 13.1 Å². The van der Waals surface area contributed by atoms with E-state index >= 15 is 0 Å². The Morgan fingerprint density at radius 3 is 2.12 bits per heavy atom. The molecule has 0 aromatic heterocycles. The van der Waals surface area contributed by atoms with Crippen molar-refractivity contribution >= 4 is 39.4 Å². The number of nitrogens with zero attached hydrogens (tertiary/aromatic N) is 1. The monoisotopic (exact) mass is 745 g/mol. The van der Waals surface area contributed by atoms with E-state index in [0.29, 0.717) is 19.3 Å². The second kappa shape index (κ2) is 15.4. The van der Waals surface area contributed by atoms with E-state index in [4.69, 9.17) is 0 Å². The van der Waals surface area contributed by atoms with Gasteiger partial charge in [-0.2, -0.15) is 0 Å². The summed E-state index contributed by atoms with van der Waals surface area (Å²) in [4.78, 5) is 71.3. The molecule has 6 atom stereocenters. The molecule has 292 valence electrons. The average Bonchev–Trinajstić information content (AvgIpc) is 3.69. The van der Waals surface area contributed by atoms with Gasteiger partial charge in [-0.15, -0.1) is 6.58 Å². The first-order chi connectivity index (χ1) is 23.9. The summed E-state index contributed by atoms with van der Waals surface area (Å²) in [5.41, 5.74) is -1.97. The molecule has 0 spiro atoms. The number of hydrogen-bond acceptors (Lipinski definition) is 7. The molecule has 12 nitrogen and oxygen atoms in total. The van der Waals surface area contributed by atoms with Crippen LogP contribution in [0.5, 0.6) is 0 Å². The number of sulfonamides is 1. The Kier molecular flexibility index (Phi) is 12.3. The van der Waals surface area contributed by atoms with Gasteiger partial charge in [0.25, 0.3) is 5.91 Å². The lowest BCUT2D eigenvalue weighted by atomic mass is 9.70. The number of carbonyl (C=O) groups excluding carboxylic acids is 5. The lowest BCUT2D eigenvalue weighted by molar-refractivity contribution is -0.147. The second-order valence-electron chi connectivity index (χ2n) is 18.6. The van der Waals surface area contributed by atoms with Crippen LogP contribution in [0.1, 0.15) is 114 Å². The average molecular weight is 746 g/mol. The Morgan fingerprint density at radius 1 is 0.962 bits per heavy atom. The summed E-state index contributed by atoms with van der Waals surface area (Å²) >= 11 is 0. The molecule has 4 rings (SSSR count). The van der Waals surface area contributed by atoms with Gasteiger partial charge in [-0.05, 0) is 62.2 Å².